The minimum Gasteiger partial charge on any atom is -0.482 e. The summed E-state index contributed by atoms with van der Waals surface area (Å²) in [5.41, 5.74) is 6.20. The van der Waals surface area contributed by atoms with E-state index in [9.17, 15) is 0 Å². The van der Waals surface area contributed by atoms with Gasteiger partial charge >= 0.3 is 0 Å². The summed E-state index contributed by atoms with van der Waals surface area (Å²) in [7, 11) is 0. The number of nitrogens with two attached hydrogens (primary N) is 1. The number of rotatable bonds is 4. The summed E-state index contributed by atoms with van der Waals surface area (Å²) in [6, 6.07) is 9.77. The van der Waals surface area contributed by atoms with Crippen molar-refractivity contribution in [2.45, 2.75) is 26.0 Å². The second-order valence-electron chi connectivity index (χ2n) is 5.39. The molecule has 2 N–H and O–H groups in total. The zero-order valence-corrected chi connectivity index (χ0v) is 11.9. The van der Waals surface area contributed by atoms with E-state index in [1.54, 1.807) is 6.20 Å². The van der Waals surface area contributed by atoms with Crippen LogP contribution in [0.15, 0.2) is 41.1 Å². The van der Waals surface area contributed by atoms with Crippen molar-refractivity contribution in [3.05, 3.63) is 48.2 Å². The van der Waals surface area contributed by atoms with Crippen LogP contribution in [-0.2, 0) is 12.1 Å². The summed E-state index contributed by atoms with van der Waals surface area (Å²) in [6.07, 6.45) is 1.67. The van der Waals surface area contributed by atoms with Gasteiger partial charge in [0.05, 0.1) is 17.3 Å². The van der Waals surface area contributed by atoms with Gasteiger partial charge in [-0.2, -0.15) is 4.98 Å². The highest BCUT2D eigenvalue weighted by Crippen LogP contribution is 2.19. The summed E-state index contributed by atoms with van der Waals surface area (Å²) in [5.74, 6) is 1.50. The van der Waals surface area contributed by atoms with Crippen molar-refractivity contribution in [1.29, 1.82) is 0 Å². The summed E-state index contributed by atoms with van der Waals surface area (Å²) in [5, 5.41) is 4.86. The summed E-state index contributed by atoms with van der Waals surface area (Å²) < 4.78 is 10.7. The van der Waals surface area contributed by atoms with Crippen LogP contribution in [0.4, 0.5) is 0 Å². The molecule has 2 heterocycles. The molecule has 0 radical (unpaired) electrons. The van der Waals surface area contributed by atoms with Gasteiger partial charge in [-0.1, -0.05) is 23.4 Å². The Morgan fingerprint density at radius 1 is 1.29 bits per heavy atom. The Bertz CT molecular complexity index is 761. The first-order chi connectivity index (χ1) is 10.0. The summed E-state index contributed by atoms with van der Waals surface area (Å²) >= 11 is 0. The summed E-state index contributed by atoms with van der Waals surface area (Å²) in [6.45, 7) is 3.81. The molecule has 0 amide bonds. The third-order valence-corrected chi connectivity index (χ3v) is 2.97. The van der Waals surface area contributed by atoms with Crippen LogP contribution < -0.4 is 10.5 Å². The third-order valence-electron chi connectivity index (χ3n) is 2.97. The number of aromatic nitrogens is 3. The first-order valence-electron chi connectivity index (χ1n) is 6.62. The van der Waals surface area contributed by atoms with E-state index in [1.165, 1.54) is 0 Å². The molecule has 0 fully saturated rings. The lowest BCUT2D eigenvalue weighted by Crippen LogP contribution is -2.30. The molecule has 21 heavy (non-hydrogen) atoms. The van der Waals surface area contributed by atoms with Crippen molar-refractivity contribution >= 4 is 10.9 Å². The molecule has 0 spiro atoms. The maximum absolute atomic E-state index is 5.90. The lowest BCUT2D eigenvalue weighted by Gasteiger charge is -2.11. The first kappa shape index (κ1) is 13.5. The molecule has 2 aromatic heterocycles. The lowest BCUT2D eigenvalue weighted by atomic mass is 10.1. The third kappa shape index (κ3) is 3.00. The normalized spacial score (nSPS) is 11.8. The van der Waals surface area contributed by atoms with Crippen LogP contribution >= 0.6 is 0 Å². The predicted octanol–water partition coefficient (Wildman–Crippen LogP) is 2.39. The quantitative estimate of drug-likeness (QED) is 0.791. The molecule has 0 bridgehead atoms. The van der Waals surface area contributed by atoms with E-state index < -0.39 is 5.54 Å². The van der Waals surface area contributed by atoms with Gasteiger partial charge in [-0.25, -0.2) is 0 Å². The number of ether oxygens (including phenoxy) is 1. The van der Waals surface area contributed by atoms with Crippen molar-refractivity contribution < 1.29 is 9.26 Å². The number of pyridine rings is 1. The monoisotopic (exact) mass is 284 g/mol. The van der Waals surface area contributed by atoms with Gasteiger partial charge in [-0.3, -0.25) is 4.98 Å². The SMILES string of the molecule is CC(C)(N)c1noc(COc2cnc3ccccc3c2)n1. The van der Waals surface area contributed by atoms with Crippen LogP contribution in [0.25, 0.3) is 10.9 Å². The fourth-order valence-electron chi connectivity index (χ4n) is 1.85. The van der Waals surface area contributed by atoms with Gasteiger partial charge < -0.3 is 15.0 Å². The van der Waals surface area contributed by atoms with E-state index in [0.29, 0.717) is 17.5 Å². The number of nitrogens with zero attached hydrogens (tertiary/aromatic N) is 3. The summed E-state index contributed by atoms with van der Waals surface area (Å²) in [4.78, 5) is 8.54. The van der Waals surface area contributed by atoms with E-state index in [1.807, 2.05) is 44.2 Å². The minimum atomic E-state index is -0.633. The Morgan fingerprint density at radius 3 is 2.86 bits per heavy atom. The van der Waals surface area contributed by atoms with Crippen LogP contribution in [-0.4, -0.2) is 15.1 Å². The average Bonchev–Trinajstić information content (AvgIpc) is 2.94. The highest BCUT2D eigenvalue weighted by atomic mass is 16.5. The van der Waals surface area contributed by atoms with Crippen LogP contribution in [0.3, 0.4) is 0 Å². The molecule has 0 aliphatic carbocycles. The second-order valence-corrected chi connectivity index (χ2v) is 5.39. The molecule has 0 unspecified atom stereocenters. The zero-order valence-electron chi connectivity index (χ0n) is 11.9. The van der Waals surface area contributed by atoms with E-state index in [4.69, 9.17) is 15.0 Å². The van der Waals surface area contributed by atoms with Gasteiger partial charge in [0.2, 0.25) is 0 Å². The Balaban J connectivity index is 1.73. The van der Waals surface area contributed by atoms with Crippen molar-refractivity contribution in [2.24, 2.45) is 5.73 Å². The number of hydrogen-bond acceptors (Lipinski definition) is 6. The topological polar surface area (TPSA) is 87.1 Å². The smallest absolute Gasteiger partial charge is 0.264 e. The van der Waals surface area contributed by atoms with Gasteiger partial charge in [0.1, 0.15) is 5.75 Å². The highest BCUT2D eigenvalue weighted by molar-refractivity contribution is 5.79. The molecule has 0 atom stereocenters. The Hall–Kier alpha value is -2.47. The molecule has 108 valence electrons. The maximum Gasteiger partial charge on any atom is 0.264 e. The Morgan fingerprint density at radius 2 is 2.10 bits per heavy atom. The van der Waals surface area contributed by atoms with Crippen molar-refractivity contribution in [2.75, 3.05) is 0 Å². The number of hydrogen-bond donors (Lipinski definition) is 1. The number of fused-ring (bicyclic) bond motifs is 1. The van der Waals surface area contributed by atoms with Crippen molar-refractivity contribution in [3.63, 3.8) is 0 Å². The molecule has 6 nitrogen and oxygen atoms in total. The number of para-hydroxylation sites is 1. The molecule has 0 aliphatic heterocycles. The van der Waals surface area contributed by atoms with Crippen LogP contribution in [0, 0.1) is 0 Å². The fraction of sp³-hybridized carbons (Fsp3) is 0.267. The largest absolute Gasteiger partial charge is 0.482 e. The van der Waals surface area contributed by atoms with Crippen molar-refractivity contribution in [3.8, 4) is 5.75 Å². The lowest BCUT2D eigenvalue weighted by molar-refractivity contribution is 0.241. The second kappa shape index (κ2) is 5.14. The molecular weight excluding hydrogens is 268 g/mol. The van der Waals surface area contributed by atoms with E-state index >= 15 is 0 Å². The van der Waals surface area contributed by atoms with Gasteiger partial charge in [0.25, 0.3) is 5.89 Å². The van der Waals surface area contributed by atoms with Gasteiger partial charge in [0, 0.05) is 5.39 Å². The Kier molecular flexibility index (Phi) is 3.31. The van der Waals surface area contributed by atoms with E-state index in [0.717, 1.165) is 10.9 Å². The minimum absolute atomic E-state index is 0.184. The molecule has 6 heteroatoms. The van der Waals surface area contributed by atoms with Crippen molar-refractivity contribution in [1.82, 2.24) is 15.1 Å². The van der Waals surface area contributed by atoms with Gasteiger partial charge in [0.15, 0.2) is 12.4 Å². The fourth-order valence-corrected chi connectivity index (χ4v) is 1.85. The van der Waals surface area contributed by atoms with E-state index in [-0.39, 0.29) is 6.61 Å². The van der Waals surface area contributed by atoms with Crippen LogP contribution in [0.1, 0.15) is 25.6 Å². The highest BCUT2D eigenvalue weighted by Gasteiger charge is 2.21. The molecule has 3 rings (SSSR count). The molecule has 0 aliphatic rings. The standard InChI is InChI=1S/C15H16N4O2/c1-15(2,16)14-18-13(21-19-14)9-20-11-7-10-5-3-4-6-12(10)17-8-11/h3-8H,9,16H2,1-2H3. The van der Waals surface area contributed by atoms with Crippen LogP contribution in [0.2, 0.25) is 0 Å². The maximum atomic E-state index is 5.90. The first-order valence-corrected chi connectivity index (χ1v) is 6.62. The van der Waals surface area contributed by atoms with Crippen LogP contribution in [0.5, 0.6) is 5.75 Å². The molecular formula is C15H16N4O2. The Labute approximate surface area is 121 Å². The average molecular weight is 284 g/mol. The molecule has 0 saturated carbocycles. The van der Waals surface area contributed by atoms with Gasteiger partial charge in [-0.05, 0) is 26.0 Å². The predicted molar refractivity (Wildman–Crippen MR) is 77.6 cm³/mol. The molecule has 1 aromatic carbocycles. The molecule has 3 aromatic rings. The molecule has 0 saturated heterocycles. The number of benzene rings is 1. The van der Waals surface area contributed by atoms with Gasteiger partial charge in [-0.15, -0.1) is 0 Å². The van der Waals surface area contributed by atoms with E-state index in [2.05, 4.69) is 15.1 Å². The zero-order chi connectivity index (χ0) is 14.9.